The number of hydrogen-bond acceptors (Lipinski definition) is 8. The zero-order valence-electron chi connectivity index (χ0n) is 46.7. The summed E-state index contributed by atoms with van der Waals surface area (Å²) in [5, 5.41) is 24.7. The maximum Gasteiger partial charge on any atom is 0.251 e. The Bertz CT molecular complexity index is 1820. The van der Waals surface area contributed by atoms with E-state index in [0.29, 0.717) is 18.8 Å². The normalized spacial score (nSPS) is 17.9. The Morgan fingerprint density at radius 1 is 0.527 bits per heavy atom. The van der Waals surface area contributed by atoms with Gasteiger partial charge in [0, 0.05) is 18.2 Å². The number of unbranched alkanes of at least 4 members (excludes halogenated alkanes) is 30. The lowest BCUT2D eigenvalue weighted by molar-refractivity contribution is -0.149. The fourth-order valence-electron chi connectivity index (χ4n) is 10.8. The molecular weight excluding hydrogens is 921 g/mol. The van der Waals surface area contributed by atoms with E-state index in [2.05, 4.69) is 55.6 Å². The first-order valence-corrected chi connectivity index (χ1v) is 30.3. The molecule has 4 atom stereocenters. The predicted octanol–water partition coefficient (Wildman–Crippen LogP) is 16.4. The summed E-state index contributed by atoms with van der Waals surface area (Å²) >= 11 is 0. The van der Waals surface area contributed by atoms with Crippen LogP contribution in [-0.4, -0.2) is 65.6 Å². The lowest BCUT2D eigenvalue weighted by atomic mass is 9.80. The summed E-state index contributed by atoms with van der Waals surface area (Å²) in [7, 11) is 0. The van der Waals surface area contributed by atoms with Crippen molar-refractivity contribution in [1.82, 2.24) is 10.2 Å². The lowest BCUT2D eigenvalue weighted by Crippen LogP contribution is -2.53. The van der Waals surface area contributed by atoms with E-state index in [1.807, 2.05) is 42.5 Å². The maximum atomic E-state index is 12.2. The van der Waals surface area contributed by atoms with Crippen molar-refractivity contribution < 1.29 is 34.0 Å². The summed E-state index contributed by atoms with van der Waals surface area (Å²) in [6.45, 7) is 7.68. The topological polar surface area (TPSA) is 110 Å². The minimum atomic E-state index is -1.26. The molecule has 5 rings (SSSR count). The molecule has 3 N–H and O–H groups in total. The number of carbonyl (C=O) groups excluding carboxylic acids is 1. The zero-order chi connectivity index (χ0) is 52.3. The third kappa shape index (κ3) is 22.0. The Morgan fingerprint density at radius 3 is 1.28 bits per heavy atom. The van der Waals surface area contributed by atoms with Gasteiger partial charge >= 0.3 is 0 Å². The average molecular weight is 1020 g/mol. The highest BCUT2D eigenvalue weighted by molar-refractivity contribution is 5.93. The van der Waals surface area contributed by atoms with E-state index in [1.165, 1.54) is 193 Å². The molecule has 414 valence electrons. The predicted molar refractivity (Wildman–Crippen MR) is 304 cm³/mol. The molecule has 1 fully saturated rings. The van der Waals surface area contributed by atoms with Gasteiger partial charge in [-0.05, 0) is 60.7 Å². The number of hydrogen-bond donors (Lipinski definition) is 3. The molecule has 0 aromatic heterocycles. The molecule has 2 aliphatic rings. The third-order valence-corrected chi connectivity index (χ3v) is 15.5. The van der Waals surface area contributed by atoms with Crippen molar-refractivity contribution in [1.29, 1.82) is 0 Å². The van der Waals surface area contributed by atoms with Gasteiger partial charge in [0.15, 0.2) is 0 Å². The van der Waals surface area contributed by atoms with Crippen LogP contribution < -0.4 is 14.8 Å². The Labute approximate surface area is 450 Å². The molecule has 3 aromatic rings. The largest absolute Gasteiger partial charge is 0.494 e. The monoisotopic (exact) mass is 1020 g/mol. The van der Waals surface area contributed by atoms with Crippen LogP contribution in [0.1, 0.15) is 249 Å². The number of carbonyl (C=O) groups is 1. The van der Waals surface area contributed by atoms with Gasteiger partial charge in [0.05, 0.1) is 25.9 Å². The number of aliphatic hydroxyl groups is 2. The Morgan fingerprint density at radius 2 is 0.892 bits per heavy atom. The molecule has 9 nitrogen and oxygen atoms in total. The van der Waals surface area contributed by atoms with Crippen molar-refractivity contribution in [3.05, 3.63) is 107 Å². The Balaban J connectivity index is 1.13. The number of ether oxygens (including phenoxy) is 4. The second-order valence-electron chi connectivity index (χ2n) is 21.7. The molecule has 1 saturated heterocycles. The molecule has 0 aliphatic carbocycles. The standard InChI is InChI=1S/C65H102N2O7/c1-4-6-8-10-12-14-16-18-20-22-24-26-28-30-32-37-49-71-58-45-41-56(42-46-58)65(55-39-35-34-36-40-55,73-53-61-60(68)51-62(74-61)67-52-54(3)63(69)66-64(67)70)57-43-47-59(48-44-57)72-50-38-33-31-29-27-25-23-21-19-17-15-13-11-9-7-5-2/h34-36,39-48,52,60-62,64,68,70H,4-33,37-38,49-51,53H2,1-3H3,(H,66,69)/t60-,61-,62-,64?/m1/s1. The van der Waals surface area contributed by atoms with Gasteiger partial charge < -0.3 is 39.4 Å². The molecular formula is C65H102N2O7. The summed E-state index contributed by atoms with van der Waals surface area (Å²) < 4.78 is 26.2. The molecule has 0 radical (unpaired) electrons. The number of amides is 1. The van der Waals surface area contributed by atoms with Crippen molar-refractivity contribution in [2.24, 2.45) is 0 Å². The first kappa shape index (κ1) is 61.0. The molecule has 74 heavy (non-hydrogen) atoms. The van der Waals surface area contributed by atoms with Gasteiger partial charge in [0.2, 0.25) is 6.35 Å². The van der Waals surface area contributed by atoms with Gasteiger partial charge in [-0.25, -0.2) is 0 Å². The summed E-state index contributed by atoms with van der Waals surface area (Å²) in [6.07, 6.45) is 41.3. The van der Waals surface area contributed by atoms with Crippen molar-refractivity contribution in [2.45, 2.75) is 263 Å². The van der Waals surface area contributed by atoms with Crippen LogP contribution in [0, 0.1) is 0 Å². The molecule has 2 heterocycles. The van der Waals surface area contributed by atoms with Crippen LogP contribution in [0.4, 0.5) is 0 Å². The van der Waals surface area contributed by atoms with Crippen LogP contribution in [0.15, 0.2) is 90.6 Å². The molecule has 0 saturated carbocycles. The van der Waals surface area contributed by atoms with Crippen LogP contribution in [-0.2, 0) is 19.9 Å². The van der Waals surface area contributed by atoms with E-state index in [9.17, 15) is 15.0 Å². The van der Waals surface area contributed by atoms with Gasteiger partial charge in [-0.1, -0.05) is 261 Å². The second kappa shape index (κ2) is 37.0. The summed E-state index contributed by atoms with van der Waals surface area (Å²) in [5.41, 5.74) is 2.12. The smallest absolute Gasteiger partial charge is 0.251 e. The van der Waals surface area contributed by atoms with Crippen LogP contribution in [0.25, 0.3) is 0 Å². The highest BCUT2D eigenvalue weighted by Crippen LogP contribution is 2.43. The van der Waals surface area contributed by atoms with E-state index in [1.54, 1.807) is 18.0 Å². The minimum absolute atomic E-state index is 0.0561. The van der Waals surface area contributed by atoms with Gasteiger partial charge in [-0.15, -0.1) is 0 Å². The number of benzene rings is 3. The van der Waals surface area contributed by atoms with E-state index >= 15 is 0 Å². The van der Waals surface area contributed by atoms with Gasteiger partial charge in [0.25, 0.3) is 5.91 Å². The van der Waals surface area contributed by atoms with Gasteiger partial charge in [-0.2, -0.15) is 0 Å². The Hall–Kier alpha value is -3.89. The molecule has 1 unspecified atom stereocenters. The highest BCUT2D eigenvalue weighted by Gasteiger charge is 2.44. The van der Waals surface area contributed by atoms with E-state index in [-0.39, 0.29) is 18.9 Å². The van der Waals surface area contributed by atoms with Crippen molar-refractivity contribution in [3.8, 4) is 11.5 Å². The first-order chi connectivity index (χ1) is 36.3. The minimum Gasteiger partial charge on any atom is -0.494 e. The summed E-state index contributed by atoms with van der Waals surface area (Å²) in [6, 6.07) is 26.7. The van der Waals surface area contributed by atoms with E-state index in [4.69, 9.17) is 18.9 Å². The van der Waals surface area contributed by atoms with E-state index < -0.39 is 30.4 Å². The maximum absolute atomic E-state index is 12.2. The fourth-order valence-corrected chi connectivity index (χ4v) is 10.8. The average Bonchev–Trinajstić information content (AvgIpc) is 3.79. The number of nitrogens with zero attached hydrogens (tertiary/aromatic N) is 1. The van der Waals surface area contributed by atoms with Crippen LogP contribution in [0.3, 0.4) is 0 Å². The van der Waals surface area contributed by atoms with Gasteiger partial charge in [0.1, 0.15) is 29.4 Å². The molecule has 0 spiro atoms. The number of rotatable bonds is 43. The molecule has 2 aliphatic heterocycles. The lowest BCUT2D eigenvalue weighted by Gasteiger charge is -2.37. The number of nitrogens with one attached hydrogen (secondary N) is 1. The van der Waals surface area contributed by atoms with Crippen LogP contribution >= 0.6 is 0 Å². The summed E-state index contributed by atoms with van der Waals surface area (Å²) in [4.78, 5) is 13.8. The van der Waals surface area contributed by atoms with Crippen LogP contribution in [0.5, 0.6) is 11.5 Å². The van der Waals surface area contributed by atoms with Crippen LogP contribution in [0.2, 0.25) is 0 Å². The fraction of sp³-hybridized carbons (Fsp3) is 0.677. The Kier molecular flexibility index (Phi) is 30.5. The second-order valence-corrected chi connectivity index (χ2v) is 21.7. The number of aliphatic hydroxyl groups excluding tert-OH is 2. The molecule has 3 aromatic carbocycles. The highest BCUT2D eigenvalue weighted by atomic mass is 16.6. The third-order valence-electron chi connectivity index (χ3n) is 15.5. The SMILES string of the molecule is CCCCCCCCCCCCCCCCCCOc1ccc(C(OC[C@H]2O[C@@H](N3C=C(C)C(=O)NC3O)C[C@H]2O)(c2ccccc2)c2ccc(OCCCCCCCCCCCCCCCCCC)cc2)cc1. The first-order valence-electron chi connectivity index (χ1n) is 30.3. The van der Waals surface area contributed by atoms with Crippen molar-refractivity contribution >= 4 is 5.91 Å². The summed E-state index contributed by atoms with van der Waals surface area (Å²) in [5.74, 6) is 1.30. The quantitative estimate of drug-likeness (QED) is 0.0380. The molecule has 0 bridgehead atoms. The molecule has 1 amide bonds. The van der Waals surface area contributed by atoms with Crippen molar-refractivity contribution in [2.75, 3.05) is 19.8 Å². The van der Waals surface area contributed by atoms with Crippen molar-refractivity contribution in [3.63, 3.8) is 0 Å². The van der Waals surface area contributed by atoms with E-state index in [0.717, 1.165) is 41.0 Å². The molecule has 9 heteroatoms. The van der Waals surface area contributed by atoms with Gasteiger partial charge in [-0.3, -0.25) is 4.79 Å². The zero-order valence-corrected chi connectivity index (χ0v) is 46.7.